The van der Waals surface area contributed by atoms with Crippen LogP contribution in [0.4, 0.5) is 0 Å². The molecule has 0 spiro atoms. The number of carbonyl (C=O) groups is 1. The van der Waals surface area contributed by atoms with Gasteiger partial charge in [-0.15, -0.1) is 0 Å². The van der Waals surface area contributed by atoms with Crippen molar-refractivity contribution in [1.29, 1.82) is 0 Å². The van der Waals surface area contributed by atoms with Gasteiger partial charge in [-0.1, -0.05) is 36.8 Å². The number of nitrogens with zero attached hydrogens (tertiary/aromatic N) is 1. The van der Waals surface area contributed by atoms with E-state index in [1.54, 1.807) is 7.05 Å². The maximum absolute atomic E-state index is 11.5. The Morgan fingerprint density at radius 1 is 1.47 bits per heavy atom. The molecule has 0 aliphatic carbocycles. The van der Waals surface area contributed by atoms with E-state index < -0.39 is 0 Å². The Morgan fingerprint density at radius 3 is 2.68 bits per heavy atom. The first-order valence-corrected chi connectivity index (χ1v) is 6.72. The number of amides is 1. The summed E-state index contributed by atoms with van der Waals surface area (Å²) in [6.45, 7) is 4.49. The lowest BCUT2D eigenvalue weighted by atomic mass is 9.95. The van der Waals surface area contributed by atoms with Crippen molar-refractivity contribution in [1.82, 2.24) is 10.2 Å². The summed E-state index contributed by atoms with van der Waals surface area (Å²) in [5, 5.41) is 2.65. The molecular formula is C15H25N3O. The second kappa shape index (κ2) is 7.26. The van der Waals surface area contributed by atoms with Gasteiger partial charge in [-0.3, -0.25) is 9.69 Å². The van der Waals surface area contributed by atoms with Crippen LogP contribution in [-0.2, 0) is 4.79 Å². The zero-order valence-electron chi connectivity index (χ0n) is 12.3. The summed E-state index contributed by atoms with van der Waals surface area (Å²) in [4.78, 5) is 13.6. The van der Waals surface area contributed by atoms with Crippen molar-refractivity contribution in [3.8, 4) is 0 Å². The van der Waals surface area contributed by atoms with Gasteiger partial charge in [-0.2, -0.15) is 0 Å². The lowest BCUT2D eigenvalue weighted by Gasteiger charge is -2.32. The Bertz CT molecular complexity index is 420. The van der Waals surface area contributed by atoms with Crippen molar-refractivity contribution >= 4 is 5.91 Å². The lowest BCUT2D eigenvalue weighted by molar-refractivity contribution is -0.122. The highest BCUT2D eigenvalue weighted by Gasteiger charge is 2.24. The van der Waals surface area contributed by atoms with Gasteiger partial charge in [-0.25, -0.2) is 0 Å². The molecule has 2 atom stereocenters. The molecule has 1 aromatic rings. The predicted octanol–water partition coefficient (Wildman–Crippen LogP) is 1.45. The molecule has 0 bridgehead atoms. The third-order valence-electron chi connectivity index (χ3n) is 3.41. The van der Waals surface area contributed by atoms with Gasteiger partial charge in [0.05, 0.1) is 12.6 Å². The average molecular weight is 263 g/mol. The number of aryl methyl sites for hydroxylation is 1. The van der Waals surface area contributed by atoms with E-state index in [-0.39, 0.29) is 18.0 Å². The number of hydrogen-bond acceptors (Lipinski definition) is 3. The van der Waals surface area contributed by atoms with Gasteiger partial charge in [0.15, 0.2) is 0 Å². The number of nitrogens with one attached hydrogen (secondary N) is 1. The van der Waals surface area contributed by atoms with E-state index in [0.717, 1.165) is 6.42 Å². The second-order valence-corrected chi connectivity index (χ2v) is 5.02. The Morgan fingerprint density at radius 2 is 2.16 bits per heavy atom. The maximum atomic E-state index is 11.5. The molecule has 0 saturated carbocycles. The van der Waals surface area contributed by atoms with Gasteiger partial charge in [-0.05, 0) is 26.0 Å². The minimum Gasteiger partial charge on any atom is -0.358 e. The summed E-state index contributed by atoms with van der Waals surface area (Å²) < 4.78 is 0. The van der Waals surface area contributed by atoms with Gasteiger partial charge in [0.1, 0.15) is 0 Å². The minimum absolute atomic E-state index is 0.00320. The molecule has 0 aromatic heterocycles. The number of hydrogen-bond donors (Lipinski definition) is 2. The number of rotatable bonds is 6. The van der Waals surface area contributed by atoms with Crippen LogP contribution in [0.3, 0.4) is 0 Å². The first-order valence-electron chi connectivity index (χ1n) is 6.72. The Labute approximate surface area is 116 Å². The van der Waals surface area contributed by atoms with Crippen molar-refractivity contribution in [2.45, 2.75) is 32.4 Å². The minimum atomic E-state index is 0.00320. The maximum Gasteiger partial charge on any atom is 0.233 e. The highest BCUT2D eigenvalue weighted by molar-refractivity contribution is 5.77. The molecule has 2 unspecified atom stereocenters. The molecule has 4 nitrogen and oxygen atoms in total. The van der Waals surface area contributed by atoms with Crippen molar-refractivity contribution in [2.75, 3.05) is 20.6 Å². The molecular weight excluding hydrogens is 238 g/mol. The van der Waals surface area contributed by atoms with Crippen molar-refractivity contribution in [3.63, 3.8) is 0 Å². The van der Waals surface area contributed by atoms with E-state index in [0.29, 0.717) is 6.54 Å². The van der Waals surface area contributed by atoms with Crippen LogP contribution < -0.4 is 11.1 Å². The van der Waals surface area contributed by atoms with Crippen LogP contribution in [0.2, 0.25) is 0 Å². The first-order chi connectivity index (χ1) is 8.99. The van der Waals surface area contributed by atoms with Crippen molar-refractivity contribution in [3.05, 3.63) is 35.4 Å². The highest BCUT2D eigenvalue weighted by Crippen LogP contribution is 2.24. The summed E-state index contributed by atoms with van der Waals surface area (Å²) >= 11 is 0. The van der Waals surface area contributed by atoms with Gasteiger partial charge < -0.3 is 11.1 Å². The van der Waals surface area contributed by atoms with Gasteiger partial charge in [0.25, 0.3) is 0 Å². The van der Waals surface area contributed by atoms with E-state index in [1.165, 1.54) is 11.1 Å². The molecule has 0 aliphatic rings. The quantitative estimate of drug-likeness (QED) is 0.817. The van der Waals surface area contributed by atoms with E-state index in [1.807, 2.05) is 18.0 Å². The summed E-state index contributed by atoms with van der Waals surface area (Å²) in [5.41, 5.74) is 8.62. The van der Waals surface area contributed by atoms with Crippen LogP contribution >= 0.6 is 0 Å². The molecule has 0 aliphatic heterocycles. The molecule has 106 valence electrons. The SMILES string of the molecule is CCC(N)C(c1cccc(C)c1)N(C)CC(=O)NC. The van der Waals surface area contributed by atoms with Crippen LogP contribution in [0.5, 0.6) is 0 Å². The van der Waals surface area contributed by atoms with Crippen LogP contribution in [0.15, 0.2) is 24.3 Å². The monoisotopic (exact) mass is 263 g/mol. The molecule has 4 heteroatoms. The zero-order chi connectivity index (χ0) is 14.4. The third-order valence-corrected chi connectivity index (χ3v) is 3.41. The average Bonchev–Trinajstić information content (AvgIpc) is 2.38. The smallest absolute Gasteiger partial charge is 0.233 e. The third kappa shape index (κ3) is 4.33. The van der Waals surface area contributed by atoms with Gasteiger partial charge >= 0.3 is 0 Å². The number of nitrogens with two attached hydrogens (primary N) is 1. The van der Waals surface area contributed by atoms with Crippen molar-refractivity contribution < 1.29 is 4.79 Å². The van der Waals surface area contributed by atoms with Crippen LogP contribution in [0.25, 0.3) is 0 Å². The molecule has 1 amide bonds. The van der Waals surface area contributed by atoms with Gasteiger partial charge in [0, 0.05) is 13.1 Å². The molecule has 3 N–H and O–H groups in total. The fourth-order valence-corrected chi connectivity index (χ4v) is 2.31. The Kier molecular flexibility index (Phi) is 5.99. The topological polar surface area (TPSA) is 58.4 Å². The van der Waals surface area contributed by atoms with E-state index in [9.17, 15) is 4.79 Å². The summed E-state index contributed by atoms with van der Waals surface area (Å²) in [6, 6.07) is 8.39. The standard InChI is InChI=1S/C15H25N3O/c1-5-13(16)15(18(4)10-14(19)17-3)12-8-6-7-11(2)9-12/h6-9,13,15H,5,10,16H2,1-4H3,(H,17,19). The van der Waals surface area contributed by atoms with Crippen LogP contribution in [-0.4, -0.2) is 37.5 Å². The van der Waals surface area contributed by atoms with Gasteiger partial charge in [0.2, 0.25) is 5.91 Å². The lowest BCUT2D eigenvalue weighted by Crippen LogP contribution is -2.43. The molecule has 1 aromatic carbocycles. The predicted molar refractivity (Wildman–Crippen MR) is 78.9 cm³/mol. The summed E-state index contributed by atoms with van der Waals surface area (Å²) in [6.07, 6.45) is 0.872. The molecule has 0 fully saturated rings. The molecule has 0 saturated heterocycles. The highest BCUT2D eigenvalue weighted by atomic mass is 16.1. The summed E-state index contributed by atoms with van der Waals surface area (Å²) in [5.74, 6) is 0.00320. The molecule has 0 radical (unpaired) electrons. The fourth-order valence-electron chi connectivity index (χ4n) is 2.31. The molecule has 0 heterocycles. The number of carbonyl (C=O) groups excluding carboxylic acids is 1. The number of likely N-dealkylation sites (N-methyl/N-ethyl adjacent to an activating group) is 2. The molecule has 19 heavy (non-hydrogen) atoms. The van der Waals surface area contributed by atoms with E-state index in [4.69, 9.17) is 5.73 Å². The Hall–Kier alpha value is -1.39. The van der Waals surface area contributed by atoms with E-state index in [2.05, 4.69) is 37.4 Å². The second-order valence-electron chi connectivity index (χ2n) is 5.02. The van der Waals surface area contributed by atoms with Crippen LogP contribution in [0, 0.1) is 6.92 Å². The number of benzene rings is 1. The summed E-state index contributed by atoms with van der Waals surface area (Å²) in [7, 11) is 3.59. The van der Waals surface area contributed by atoms with E-state index >= 15 is 0 Å². The van der Waals surface area contributed by atoms with Crippen LogP contribution in [0.1, 0.15) is 30.5 Å². The zero-order valence-corrected chi connectivity index (χ0v) is 12.3. The molecule has 1 rings (SSSR count). The fraction of sp³-hybridized carbons (Fsp3) is 0.533. The normalized spacial score (nSPS) is 14.2. The largest absolute Gasteiger partial charge is 0.358 e. The van der Waals surface area contributed by atoms with Crippen molar-refractivity contribution in [2.24, 2.45) is 5.73 Å². The Balaban J connectivity index is 2.97. The first kappa shape index (κ1) is 15.7.